The van der Waals surface area contributed by atoms with Crippen molar-refractivity contribution in [2.75, 3.05) is 0 Å². The Morgan fingerprint density at radius 2 is 2.11 bits per heavy atom. The summed E-state index contributed by atoms with van der Waals surface area (Å²) < 4.78 is 6.61. The van der Waals surface area contributed by atoms with Crippen LogP contribution in [-0.4, -0.2) is 4.98 Å². The van der Waals surface area contributed by atoms with Gasteiger partial charge in [0.05, 0.1) is 11.2 Å². The summed E-state index contributed by atoms with van der Waals surface area (Å²) in [6, 6.07) is 7.70. The van der Waals surface area contributed by atoms with Crippen LogP contribution in [0.15, 0.2) is 41.1 Å². The van der Waals surface area contributed by atoms with E-state index in [9.17, 15) is 0 Å². The van der Waals surface area contributed by atoms with Crippen LogP contribution in [0.3, 0.4) is 0 Å². The van der Waals surface area contributed by atoms with Crippen molar-refractivity contribution in [1.29, 1.82) is 0 Å². The molecule has 0 spiro atoms. The van der Waals surface area contributed by atoms with Gasteiger partial charge in [0.1, 0.15) is 12.4 Å². The molecule has 0 aliphatic rings. The smallest absolute Gasteiger partial charge is 0.139 e. The van der Waals surface area contributed by atoms with Gasteiger partial charge in [-0.15, -0.1) is 0 Å². The minimum atomic E-state index is 0.452. The van der Waals surface area contributed by atoms with Crippen molar-refractivity contribution in [2.45, 2.75) is 13.2 Å². The molecule has 0 atom stereocenters. The number of rotatable bonds is 4. The molecule has 0 fully saturated rings. The third-order valence-corrected chi connectivity index (χ3v) is 3.37. The lowest BCUT2D eigenvalue weighted by molar-refractivity contribution is 0.304. The topological polar surface area (TPSA) is 48.1 Å². The Morgan fingerprint density at radius 1 is 1.28 bits per heavy atom. The maximum absolute atomic E-state index is 5.83. The predicted molar refractivity (Wildman–Crippen MR) is 75.6 cm³/mol. The highest BCUT2D eigenvalue weighted by Gasteiger charge is 2.03. The number of nitrogens with two attached hydrogens (primary N) is 1. The number of hydrogen-bond acceptors (Lipinski definition) is 3. The first-order valence-electron chi connectivity index (χ1n) is 5.40. The van der Waals surface area contributed by atoms with Crippen molar-refractivity contribution in [3.05, 3.63) is 57.3 Å². The standard InChI is InChI=1S/C13H12BrClN2O/c14-13-3-9(5-16)1-2-10(13)8-18-12-4-11(15)6-17-7-12/h1-4,6-7H,5,8,16H2. The normalized spacial score (nSPS) is 10.4. The van der Waals surface area contributed by atoms with E-state index in [0.29, 0.717) is 23.9 Å². The monoisotopic (exact) mass is 326 g/mol. The average Bonchev–Trinajstić information content (AvgIpc) is 2.37. The Balaban J connectivity index is 2.06. The van der Waals surface area contributed by atoms with Gasteiger partial charge in [-0.2, -0.15) is 0 Å². The quantitative estimate of drug-likeness (QED) is 0.934. The van der Waals surface area contributed by atoms with Gasteiger partial charge in [-0.25, -0.2) is 0 Å². The highest BCUT2D eigenvalue weighted by Crippen LogP contribution is 2.21. The predicted octanol–water partition coefficient (Wildman–Crippen LogP) is 3.54. The van der Waals surface area contributed by atoms with E-state index in [1.165, 1.54) is 0 Å². The molecular formula is C13H12BrClN2O. The van der Waals surface area contributed by atoms with Crippen LogP contribution in [-0.2, 0) is 13.2 Å². The van der Waals surface area contributed by atoms with Gasteiger partial charge in [-0.1, -0.05) is 39.7 Å². The molecule has 1 aromatic heterocycles. The summed E-state index contributed by atoms with van der Waals surface area (Å²) in [5.41, 5.74) is 7.70. The van der Waals surface area contributed by atoms with Crippen LogP contribution in [0.2, 0.25) is 5.02 Å². The van der Waals surface area contributed by atoms with Gasteiger partial charge < -0.3 is 10.5 Å². The fourth-order valence-corrected chi connectivity index (χ4v) is 2.17. The van der Waals surface area contributed by atoms with Gasteiger partial charge in [0.2, 0.25) is 0 Å². The zero-order valence-electron chi connectivity index (χ0n) is 9.57. The highest BCUT2D eigenvalue weighted by molar-refractivity contribution is 9.10. The molecule has 0 aliphatic heterocycles. The van der Waals surface area contributed by atoms with Gasteiger partial charge in [-0.05, 0) is 11.6 Å². The maximum atomic E-state index is 5.83. The summed E-state index contributed by atoms with van der Waals surface area (Å²) in [7, 11) is 0. The number of hydrogen-bond donors (Lipinski definition) is 1. The van der Waals surface area contributed by atoms with E-state index < -0.39 is 0 Å². The number of halogens is 2. The molecule has 3 nitrogen and oxygen atoms in total. The lowest BCUT2D eigenvalue weighted by atomic mass is 10.1. The number of ether oxygens (including phenoxy) is 1. The molecule has 0 saturated carbocycles. The van der Waals surface area contributed by atoms with Gasteiger partial charge in [0, 0.05) is 28.8 Å². The van der Waals surface area contributed by atoms with Gasteiger partial charge in [0.25, 0.3) is 0 Å². The van der Waals surface area contributed by atoms with E-state index in [1.807, 2.05) is 18.2 Å². The molecule has 2 aromatic rings. The van der Waals surface area contributed by atoms with Gasteiger partial charge >= 0.3 is 0 Å². The van der Waals surface area contributed by atoms with Crippen molar-refractivity contribution in [3.8, 4) is 5.75 Å². The second-order valence-corrected chi connectivity index (χ2v) is 5.05. The molecule has 0 amide bonds. The van der Waals surface area contributed by atoms with Crippen molar-refractivity contribution in [2.24, 2.45) is 5.73 Å². The highest BCUT2D eigenvalue weighted by atomic mass is 79.9. The number of pyridine rings is 1. The van der Waals surface area contributed by atoms with Crippen LogP contribution >= 0.6 is 27.5 Å². The van der Waals surface area contributed by atoms with E-state index in [2.05, 4.69) is 20.9 Å². The van der Waals surface area contributed by atoms with Crippen molar-refractivity contribution < 1.29 is 4.74 Å². The fraction of sp³-hybridized carbons (Fsp3) is 0.154. The molecule has 1 heterocycles. The second kappa shape index (κ2) is 6.18. The molecule has 0 unspecified atom stereocenters. The maximum Gasteiger partial charge on any atom is 0.139 e. The summed E-state index contributed by atoms with van der Waals surface area (Å²) in [6.45, 7) is 0.978. The molecule has 5 heteroatoms. The Hall–Kier alpha value is -1.10. The summed E-state index contributed by atoms with van der Waals surface area (Å²) in [5.74, 6) is 0.650. The molecule has 0 bridgehead atoms. The summed E-state index contributed by atoms with van der Waals surface area (Å²) in [6.07, 6.45) is 3.20. The summed E-state index contributed by atoms with van der Waals surface area (Å²) in [4.78, 5) is 3.96. The zero-order chi connectivity index (χ0) is 13.0. The Morgan fingerprint density at radius 3 is 2.78 bits per heavy atom. The SMILES string of the molecule is NCc1ccc(COc2cncc(Cl)c2)c(Br)c1. The lowest BCUT2D eigenvalue weighted by Crippen LogP contribution is -2.00. The van der Waals surface area contributed by atoms with Crippen LogP contribution in [0.5, 0.6) is 5.75 Å². The van der Waals surface area contributed by atoms with Crippen LogP contribution in [0.25, 0.3) is 0 Å². The molecule has 0 saturated heterocycles. The molecule has 2 rings (SSSR count). The first kappa shape index (κ1) is 13.3. The van der Waals surface area contributed by atoms with Crippen LogP contribution in [0.4, 0.5) is 0 Å². The lowest BCUT2D eigenvalue weighted by Gasteiger charge is -2.09. The largest absolute Gasteiger partial charge is 0.487 e. The minimum absolute atomic E-state index is 0.452. The second-order valence-electron chi connectivity index (χ2n) is 3.76. The molecule has 0 radical (unpaired) electrons. The van der Waals surface area contributed by atoms with Gasteiger partial charge in [-0.3, -0.25) is 4.98 Å². The van der Waals surface area contributed by atoms with E-state index in [1.54, 1.807) is 18.5 Å². The molecule has 18 heavy (non-hydrogen) atoms. The third kappa shape index (κ3) is 3.45. The third-order valence-electron chi connectivity index (χ3n) is 2.43. The van der Waals surface area contributed by atoms with Crippen LogP contribution < -0.4 is 10.5 Å². The van der Waals surface area contributed by atoms with Crippen molar-refractivity contribution >= 4 is 27.5 Å². The van der Waals surface area contributed by atoms with E-state index in [0.717, 1.165) is 15.6 Å². The van der Waals surface area contributed by atoms with Crippen molar-refractivity contribution in [1.82, 2.24) is 4.98 Å². The summed E-state index contributed by atoms with van der Waals surface area (Å²) in [5, 5.41) is 0.560. The van der Waals surface area contributed by atoms with Gasteiger partial charge in [0.15, 0.2) is 0 Å². The Bertz CT molecular complexity index is 548. The van der Waals surface area contributed by atoms with E-state index in [4.69, 9.17) is 22.1 Å². The van der Waals surface area contributed by atoms with Crippen LogP contribution in [0, 0.1) is 0 Å². The first-order chi connectivity index (χ1) is 8.69. The van der Waals surface area contributed by atoms with E-state index >= 15 is 0 Å². The first-order valence-corrected chi connectivity index (χ1v) is 6.57. The fourth-order valence-electron chi connectivity index (χ4n) is 1.47. The minimum Gasteiger partial charge on any atom is -0.487 e. The Labute approximate surface area is 119 Å². The molecule has 2 N–H and O–H groups in total. The molecular weight excluding hydrogens is 316 g/mol. The number of benzene rings is 1. The van der Waals surface area contributed by atoms with Crippen LogP contribution in [0.1, 0.15) is 11.1 Å². The molecule has 94 valence electrons. The number of aromatic nitrogens is 1. The molecule has 1 aromatic carbocycles. The van der Waals surface area contributed by atoms with E-state index in [-0.39, 0.29) is 0 Å². The average molecular weight is 328 g/mol. The summed E-state index contributed by atoms with van der Waals surface area (Å²) >= 11 is 9.33. The zero-order valence-corrected chi connectivity index (χ0v) is 11.9. The number of nitrogens with zero attached hydrogens (tertiary/aromatic N) is 1. The van der Waals surface area contributed by atoms with Crippen molar-refractivity contribution in [3.63, 3.8) is 0 Å². The Kier molecular flexibility index (Phi) is 4.58. The molecule has 0 aliphatic carbocycles.